The van der Waals surface area contributed by atoms with E-state index in [1.165, 1.54) is 31.4 Å². The molecule has 2 amide bonds. The molecule has 0 aliphatic heterocycles. The van der Waals surface area contributed by atoms with Gasteiger partial charge in [-0.05, 0) is 29.8 Å². The van der Waals surface area contributed by atoms with E-state index in [0.717, 1.165) is 0 Å². The number of alkyl halides is 3. The number of hydrogen-bond acceptors (Lipinski definition) is 3. The molecule has 5 nitrogen and oxygen atoms in total. The minimum atomic E-state index is -4.91. The van der Waals surface area contributed by atoms with Gasteiger partial charge < -0.3 is 15.4 Å². The van der Waals surface area contributed by atoms with Crippen molar-refractivity contribution in [3.05, 3.63) is 59.7 Å². The van der Waals surface area contributed by atoms with Crippen LogP contribution in [0.15, 0.2) is 48.5 Å². The summed E-state index contributed by atoms with van der Waals surface area (Å²) in [7, 11) is 1.45. The smallest absolute Gasteiger partial charge is 0.471 e. The summed E-state index contributed by atoms with van der Waals surface area (Å²) in [5.74, 6) is -1.96. The van der Waals surface area contributed by atoms with E-state index >= 15 is 0 Å². The van der Waals surface area contributed by atoms with Crippen molar-refractivity contribution in [1.82, 2.24) is 5.32 Å². The van der Waals surface area contributed by atoms with E-state index in [-0.39, 0.29) is 12.5 Å². The first-order chi connectivity index (χ1) is 11.8. The van der Waals surface area contributed by atoms with Crippen LogP contribution in [0.2, 0.25) is 0 Å². The van der Waals surface area contributed by atoms with Crippen LogP contribution < -0.4 is 15.4 Å². The van der Waals surface area contributed by atoms with E-state index in [4.69, 9.17) is 4.74 Å². The minimum Gasteiger partial charge on any atom is -0.496 e. The molecule has 0 unspecified atom stereocenters. The highest BCUT2D eigenvalue weighted by Crippen LogP contribution is 2.19. The van der Waals surface area contributed by atoms with E-state index in [2.05, 4.69) is 5.32 Å². The van der Waals surface area contributed by atoms with Crippen molar-refractivity contribution in [2.75, 3.05) is 12.4 Å². The van der Waals surface area contributed by atoms with Gasteiger partial charge in [-0.3, -0.25) is 9.59 Å². The molecule has 0 aromatic heterocycles. The standard InChI is InChI=1S/C17H15F3N2O3/c1-25-14-5-3-2-4-13(14)15(23)22-12-8-6-11(7-9-12)10-21-16(24)17(18,19)20/h2-9H,10H2,1H3,(H,21,24)(H,22,23). The van der Waals surface area contributed by atoms with Crippen molar-refractivity contribution in [3.63, 3.8) is 0 Å². The lowest BCUT2D eigenvalue weighted by molar-refractivity contribution is -0.173. The predicted molar refractivity (Wildman–Crippen MR) is 85.3 cm³/mol. The fourth-order valence-corrected chi connectivity index (χ4v) is 2.02. The first-order valence-electron chi connectivity index (χ1n) is 7.19. The van der Waals surface area contributed by atoms with Gasteiger partial charge in [0.05, 0.1) is 12.7 Å². The maximum absolute atomic E-state index is 12.2. The molecule has 0 radical (unpaired) electrons. The van der Waals surface area contributed by atoms with E-state index in [9.17, 15) is 22.8 Å². The van der Waals surface area contributed by atoms with Crippen molar-refractivity contribution >= 4 is 17.5 Å². The molecule has 0 aliphatic carbocycles. The first kappa shape index (κ1) is 18.3. The van der Waals surface area contributed by atoms with E-state index in [0.29, 0.717) is 22.6 Å². The molecule has 0 heterocycles. The van der Waals surface area contributed by atoms with Gasteiger partial charge in [-0.25, -0.2) is 0 Å². The molecule has 2 N–H and O–H groups in total. The molecule has 2 aromatic rings. The van der Waals surface area contributed by atoms with E-state index in [1.54, 1.807) is 29.6 Å². The predicted octanol–water partition coefficient (Wildman–Crippen LogP) is 3.13. The zero-order chi connectivity index (χ0) is 18.4. The molecular weight excluding hydrogens is 337 g/mol. The lowest BCUT2D eigenvalue weighted by atomic mass is 10.1. The molecule has 0 saturated heterocycles. The number of benzene rings is 2. The number of rotatable bonds is 5. The Hall–Kier alpha value is -3.03. The molecule has 0 spiro atoms. The van der Waals surface area contributed by atoms with Gasteiger partial charge in [0.1, 0.15) is 5.75 Å². The number of amides is 2. The summed E-state index contributed by atoms with van der Waals surface area (Å²) in [6.07, 6.45) is -4.91. The van der Waals surface area contributed by atoms with Gasteiger partial charge in [-0.2, -0.15) is 13.2 Å². The summed E-state index contributed by atoms with van der Waals surface area (Å²) in [5, 5.41) is 4.44. The molecule has 8 heteroatoms. The Kier molecular flexibility index (Phi) is 5.63. The quantitative estimate of drug-likeness (QED) is 0.869. The molecule has 132 valence electrons. The lowest BCUT2D eigenvalue weighted by Crippen LogP contribution is -2.36. The van der Waals surface area contributed by atoms with Gasteiger partial charge in [0.25, 0.3) is 5.91 Å². The number of carbonyl (C=O) groups is 2. The van der Waals surface area contributed by atoms with Gasteiger partial charge in [-0.1, -0.05) is 24.3 Å². The summed E-state index contributed by atoms with van der Waals surface area (Å²) in [5.41, 5.74) is 1.28. The van der Waals surface area contributed by atoms with Crippen LogP contribution in [-0.2, 0) is 11.3 Å². The summed E-state index contributed by atoms with van der Waals surface area (Å²) in [4.78, 5) is 23.0. The molecular formula is C17H15F3N2O3. The number of nitrogens with one attached hydrogen (secondary N) is 2. The van der Waals surface area contributed by atoms with Gasteiger partial charge in [-0.15, -0.1) is 0 Å². The second-order valence-corrected chi connectivity index (χ2v) is 5.03. The fourth-order valence-electron chi connectivity index (χ4n) is 2.02. The highest BCUT2D eigenvalue weighted by Gasteiger charge is 2.38. The summed E-state index contributed by atoms with van der Waals surface area (Å²) in [6, 6.07) is 12.8. The second-order valence-electron chi connectivity index (χ2n) is 5.03. The van der Waals surface area contributed by atoms with Crippen LogP contribution in [0.4, 0.5) is 18.9 Å². The van der Waals surface area contributed by atoms with Gasteiger partial charge >= 0.3 is 12.1 Å². The highest BCUT2D eigenvalue weighted by atomic mass is 19.4. The monoisotopic (exact) mass is 352 g/mol. The van der Waals surface area contributed by atoms with Crippen LogP contribution >= 0.6 is 0 Å². The normalized spacial score (nSPS) is 10.9. The van der Waals surface area contributed by atoms with Gasteiger partial charge in [0.15, 0.2) is 0 Å². The van der Waals surface area contributed by atoms with Crippen LogP contribution in [0.3, 0.4) is 0 Å². The number of para-hydroxylation sites is 1. The molecule has 0 atom stereocenters. The Balaban J connectivity index is 1.98. The number of ether oxygens (including phenoxy) is 1. The Morgan fingerprint density at radius 1 is 1.04 bits per heavy atom. The molecule has 25 heavy (non-hydrogen) atoms. The van der Waals surface area contributed by atoms with Gasteiger partial charge in [0, 0.05) is 12.2 Å². The number of carbonyl (C=O) groups excluding carboxylic acids is 2. The second kappa shape index (κ2) is 7.69. The van der Waals surface area contributed by atoms with Crippen LogP contribution in [-0.4, -0.2) is 25.1 Å². The number of halogens is 3. The molecule has 0 bridgehead atoms. The Morgan fingerprint density at radius 3 is 2.28 bits per heavy atom. The average Bonchev–Trinajstić information content (AvgIpc) is 2.59. The third-order valence-corrected chi connectivity index (χ3v) is 3.27. The molecule has 0 aliphatic rings. The maximum atomic E-state index is 12.2. The molecule has 0 fully saturated rings. The van der Waals surface area contributed by atoms with Crippen molar-refractivity contribution in [3.8, 4) is 5.75 Å². The van der Waals surface area contributed by atoms with Crippen LogP contribution in [0.1, 0.15) is 15.9 Å². The SMILES string of the molecule is COc1ccccc1C(=O)Nc1ccc(CNC(=O)C(F)(F)F)cc1. The third-order valence-electron chi connectivity index (χ3n) is 3.27. The van der Waals surface area contributed by atoms with E-state index in [1.807, 2.05) is 0 Å². The largest absolute Gasteiger partial charge is 0.496 e. The topological polar surface area (TPSA) is 67.4 Å². The highest BCUT2D eigenvalue weighted by molar-refractivity contribution is 6.06. The lowest BCUT2D eigenvalue weighted by Gasteiger charge is -2.10. The fraction of sp³-hybridized carbons (Fsp3) is 0.176. The molecule has 0 saturated carbocycles. The Bertz CT molecular complexity index is 758. The van der Waals surface area contributed by atoms with Crippen molar-refractivity contribution in [2.24, 2.45) is 0 Å². The number of methoxy groups -OCH3 is 1. The zero-order valence-electron chi connectivity index (χ0n) is 13.2. The third kappa shape index (κ3) is 4.97. The van der Waals surface area contributed by atoms with Crippen molar-refractivity contribution < 1.29 is 27.5 Å². The van der Waals surface area contributed by atoms with Crippen LogP contribution in [0.5, 0.6) is 5.75 Å². The van der Waals surface area contributed by atoms with Crippen molar-refractivity contribution in [2.45, 2.75) is 12.7 Å². The van der Waals surface area contributed by atoms with Gasteiger partial charge in [0.2, 0.25) is 0 Å². The Morgan fingerprint density at radius 2 is 1.68 bits per heavy atom. The van der Waals surface area contributed by atoms with Crippen LogP contribution in [0, 0.1) is 0 Å². The number of hydrogen-bond donors (Lipinski definition) is 2. The summed E-state index contributed by atoms with van der Waals surface area (Å²) < 4.78 is 41.5. The summed E-state index contributed by atoms with van der Waals surface area (Å²) in [6.45, 7) is -0.265. The van der Waals surface area contributed by atoms with Crippen LogP contribution in [0.25, 0.3) is 0 Å². The maximum Gasteiger partial charge on any atom is 0.471 e. The first-order valence-corrected chi connectivity index (χ1v) is 7.19. The summed E-state index contributed by atoms with van der Waals surface area (Å²) >= 11 is 0. The molecule has 2 rings (SSSR count). The minimum absolute atomic E-state index is 0.265. The average molecular weight is 352 g/mol. The number of anilines is 1. The molecule has 2 aromatic carbocycles. The Labute approximate surface area is 141 Å². The van der Waals surface area contributed by atoms with Crippen molar-refractivity contribution in [1.29, 1.82) is 0 Å². The zero-order valence-corrected chi connectivity index (χ0v) is 13.2. The van der Waals surface area contributed by atoms with E-state index < -0.39 is 12.1 Å².